The number of hydrogen-bond donors (Lipinski definition) is 1. The Morgan fingerprint density at radius 2 is 1.81 bits per heavy atom. The summed E-state index contributed by atoms with van der Waals surface area (Å²) in [5.74, 6) is 0. The summed E-state index contributed by atoms with van der Waals surface area (Å²) in [6.07, 6.45) is 4.76. The van der Waals surface area contributed by atoms with E-state index in [2.05, 4.69) is 79.6 Å². The number of hydrogen-bond acceptors (Lipinski definition) is 3. The molecule has 1 heterocycles. The molecule has 0 amide bonds. The van der Waals surface area contributed by atoms with Gasteiger partial charge in [-0.15, -0.1) is 0 Å². The number of fused-ring (bicyclic) bond motifs is 2. The quantitative estimate of drug-likeness (QED) is 0.665. The van der Waals surface area contributed by atoms with Gasteiger partial charge in [-0.2, -0.15) is 0 Å². The fourth-order valence-corrected chi connectivity index (χ4v) is 4.09. The maximum atomic E-state index is 5.04. The summed E-state index contributed by atoms with van der Waals surface area (Å²) >= 11 is 0. The highest BCUT2D eigenvalue weighted by Gasteiger charge is 2.19. The number of nitrogens with one attached hydrogen (secondary N) is 1. The molecule has 1 aliphatic rings. The third kappa shape index (κ3) is 3.51. The minimum atomic E-state index is 0.389. The molecule has 0 saturated carbocycles. The van der Waals surface area contributed by atoms with Gasteiger partial charge in [0.2, 0.25) is 0 Å². The van der Waals surface area contributed by atoms with Crippen LogP contribution in [0.3, 0.4) is 0 Å². The van der Waals surface area contributed by atoms with Gasteiger partial charge in [-0.05, 0) is 62.8 Å². The van der Waals surface area contributed by atoms with E-state index in [1.54, 1.807) is 0 Å². The summed E-state index contributed by atoms with van der Waals surface area (Å²) < 4.78 is 0. The number of nitrogens with zero attached hydrogens (tertiary/aromatic N) is 2. The summed E-state index contributed by atoms with van der Waals surface area (Å²) in [4.78, 5) is 7.38. The molecule has 0 radical (unpaired) electrons. The number of anilines is 2. The van der Waals surface area contributed by atoms with E-state index in [0.29, 0.717) is 6.04 Å². The molecule has 2 aromatic carbocycles. The third-order valence-corrected chi connectivity index (χ3v) is 5.89. The van der Waals surface area contributed by atoms with Gasteiger partial charge in [0.15, 0.2) is 0 Å². The SMILES string of the molecule is Cc1cccc2c(NCC(C)N(C)c3ccccc3)c3c(nc12)CCCC3. The zero-order valence-corrected chi connectivity index (χ0v) is 16.6. The highest BCUT2D eigenvalue weighted by atomic mass is 15.1. The van der Waals surface area contributed by atoms with Gasteiger partial charge in [0, 0.05) is 42.1 Å². The van der Waals surface area contributed by atoms with E-state index in [-0.39, 0.29) is 0 Å². The van der Waals surface area contributed by atoms with Gasteiger partial charge in [-0.1, -0.05) is 36.4 Å². The van der Waals surface area contributed by atoms with Crippen molar-refractivity contribution in [1.82, 2.24) is 4.98 Å². The smallest absolute Gasteiger partial charge is 0.0755 e. The molecule has 1 N–H and O–H groups in total. The Labute approximate surface area is 162 Å². The predicted molar refractivity (Wildman–Crippen MR) is 116 cm³/mol. The Hall–Kier alpha value is -2.55. The van der Waals surface area contributed by atoms with Gasteiger partial charge in [0.25, 0.3) is 0 Å². The van der Waals surface area contributed by atoms with Crippen molar-refractivity contribution >= 4 is 22.3 Å². The van der Waals surface area contributed by atoms with Crippen molar-refractivity contribution in [2.24, 2.45) is 0 Å². The molecule has 140 valence electrons. The molecule has 1 unspecified atom stereocenters. The molecule has 3 aromatic rings. The van der Waals surface area contributed by atoms with Crippen LogP contribution < -0.4 is 10.2 Å². The first kappa shape index (κ1) is 17.8. The first-order valence-corrected chi connectivity index (χ1v) is 10.1. The lowest BCUT2D eigenvalue weighted by Crippen LogP contribution is -2.35. The number of para-hydroxylation sites is 2. The molecule has 3 heteroatoms. The lowest BCUT2D eigenvalue weighted by molar-refractivity contribution is 0.669. The average molecular weight is 360 g/mol. The first-order chi connectivity index (χ1) is 13.1. The van der Waals surface area contributed by atoms with Crippen LogP contribution in [0.5, 0.6) is 0 Å². The normalized spacial score (nSPS) is 14.6. The highest BCUT2D eigenvalue weighted by molar-refractivity contribution is 5.95. The van der Waals surface area contributed by atoms with E-state index in [1.165, 1.54) is 46.4 Å². The number of benzene rings is 2. The molecular weight excluding hydrogens is 330 g/mol. The highest BCUT2D eigenvalue weighted by Crippen LogP contribution is 2.34. The van der Waals surface area contributed by atoms with E-state index in [1.807, 2.05) is 0 Å². The Morgan fingerprint density at radius 1 is 1.04 bits per heavy atom. The van der Waals surface area contributed by atoms with Crippen LogP contribution in [0.15, 0.2) is 48.5 Å². The van der Waals surface area contributed by atoms with Gasteiger partial charge >= 0.3 is 0 Å². The fraction of sp³-hybridized carbons (Fsp3) is 0.375. The third-order valence-electron chi connectivity index (χ3n) is 5.89. The van der Waals surface area contributed by atoms with Crippen LogP contribution >= 0.6 is 0 Å². The predicted octanol–water partition coefficient (Wildman–Crippen LogP) is 5.36. The van der Waals surface area contributed by atoms with E-state index in [9.17, 15) is 0 Å². The maximum Gasteiger partial charge on any atom is 0.0755 e. The van der Waals surface area contributed by atoms with Crippen LogP contribution in [0.4, 0.5) is 11.4 Å². The van der Waals surface area contributed by atoms with Crippen LogP contribution in [0.2, 0.25) is 0 Å². The monoisotopic (exact) mass is 359 g/mol. The van der Waals surface area contributed by atoms with E-state index < -0.39 is 0 Å². The number of aryl methyl sites for hydroxylation is 2. The Balaban J connectivity index is 1.64. The van der Waals surface area contributed by atoms with Crippen molar-refractivity contribution < 1.29 is 0 Å². The number of aromatic nitrogens is 1. The van der Waals surface area contributed by atoms with Crippen molar-refractivity contribution in [1.29, 1.82) is 0 Å². The molecule has 1 atom stereocenters. The van der Waals surface area contributed by atoms with Crippen molar-refractivity contribution in [2.75, 3.05) is 23.8 Å². The van der Waals surface area contributed by atoms with Crippen LogP contribution in [0.25, 0.3) is 10.9 Å². The zero-order chi connectivity index (χ0) is 18.8. The van der Waals surface area contributed by atoms with Crippen LogP contribution in [0, 0.1) is 6.92 Å². The minimum Gasteiger partial charge on any atom is -0.382 e. The molecule has 4 rings (SSSR count). The van der Waals surface area contributed by atoms with Crippen LogP contribution in [-0.4, -0.2) is 24.6 Å². The van der Waals surface area contributed by atoms with Gasteiger partial charge in [-0.25, -0.2) is 0 Å². The summed E-state index contributed by atoms with van der Waals surface area (Å²) in [5.41, 5.74) is 7.72. The topological polar surface area (TPSA) is 28.2 Å². The second-order valence-corrected chi connectivity index (χ2v) is 7.77. The van der Waals surface area contributed by atoms with E-state index in [4.69, 9.17) is 4.98 Å². The summed E-state index contributed by atoms with van der Waals surface area (Å²) in [5, 5.41) is 5.08. The van der Waals surface area contributed by atoms with Gasteiger partial charge in [0.1, 0.15) is 0 Å². The molecule has 3 nitrogen and oxygen atoms in total. The van der Waals surface area contributed by atoms with Gasteiger partial charge < -0.3 is 10.2 Å². The molecule has 0 aliphatic heterocycles. The zero-order valence-electron chi connectivity index (χ0n) is 16.6. The minimum absolute atomic E-state index is 0.389. The molecular formula is C24H29N3. The summed E-state index contributed by atoms with van der Waals surface area (Å²) in [6, 6.07) is 17.5. The molecule has 0 spiro atoms. The lowest BCUT2D eigenvalue weighted by Gasteiger charge is -2.29. The van der Waals surface area contributed by atoms with E-state index in [0.717, 1.165) is 24.9 Å². The summed E-state index contributed by atoms with van der Waals surface area (Å²) in [7, 11) is 2.17. The molecule has 0 fully saturated rings. The van der Waals surface area contributed by atoms with Crippen molar-refractivity contribution in [3.8, 4) is 0 Å². The molecule has 0 bridgehead atoms. The largest absolute Gasteiger partial charge is 0.382 e. The number of rotatable bonds is 5. The Morgan fingerprint density at radius 3 is 2.63 bits per heavy atom. The van der Waals surface area contributed by atoms with E-state index >= 15 is 0 Å². The standard InChI is InChI=1S/C24H29N3/c1-17-10-9-14-21-23(17)26-22-15-8-7-13-20(22)24(21)25-16-18(2)27(3)19-11-5-4-6-12-19/h4-6,9-12,14,18H,7-8,13,15-16H2,1-3H3,(H,25,26). The van der Waals surface area contributed by atoms with Crippen molar-refractivity contribution in [2.45, 2.75) is 45.6 Å². The molecule has 27 heavy (non-hydrogen) atoms. The second kappa shape index (κ2) is 7.59. The van der Waals surface area contributed by atoms with Gasteiger partial charge in [-0.3, -0.25) is 4.98 Å². The number of likely N-dealkylation sites (N-methyl/N-ethyl adjacent to an activating group) is 1. The van der Waals surface area contributed by atoms with Crippen LogP contribution in [-0.2, 0) is 12.8 Å². The average Bonchev–Trinajstić information content (AvgIpc) is 2.71. The van der Waals surface area contributed by atoms with Crippen LogP contribution in [0.1, 0.15) is 36.6 Å². The summed E-state index contributed by atoms with van der Waals surface area (Å²) in [6.45, 7) is 5.35. The van der Waals surface area contributed by atoms with Gasteiger partial charge in [0.05, 0.1) is 5.52 Å². The molecule has 1 aliphatic carbocycles. The van der Waals surface area contributed by atoms with Crippen molar-refractivity contribution in [3.05, 3.63) is 65.4 Å². The fourth-order valence-electron chi connectivity index (χ4n) is 4.09. The van der Waals surface area contributed by atoms with Crippen molar-refractivity contribution in [3.63, 3.8) is 0 Å². The molecule has 1 aromatic heterocycles. The Bertz CT molecular complexity index is 933. The Kier molecular flexibility index (Phi) is 5.02. The maximum absolute atomic E-state index is 5.04. The first-order valence-electron chi connectivity index (χ1n) is 10.1. The lowest BCUT2D eigenvalue weighted by atomic mass is 9.92. The second-order valence-electron chi connectivity index (χ2n) is 7.77. The molecule has 0 saturated heterocycles. The number of pyridine rings is 1.